The number of nitrogen functional groups attached to an aromatic ring is 1. The summed E-state index contributed by atoms with van der Waals surface area (Å²) in [6, 6.07) is 13.5. The predicted octanol–water partition coefficient (Wildman–Crippen LogP) is 3.10. The van der Waals surface area contributed by atoms with Crippen LogP contribution in [-0.2, 0) is 6.54 Å². The Morgan fingerprint density at radius 2 is 2.04 bits per heavy atom. The van der Waals surface area contributed by atoms with Gasteiger partial charge in [0.15, 0.2) is 0 Å². The Balaban J connectivity index is 1.94. The Labute approximate surface area is 147 Å². The van der Waals surface area contributed by atoms with Gasteiger partial charge in [0.2, 0.25) is 0 Å². The van der Waals surface area contributed by atoms with Crippen molar-refractivity contribution in [1.82, 2.24) is 4.90 Å². The van der Waals surface area contributed by atoms with Gasteiger partial charge >= 0.3 is 6.03 Å². The summed E-state index contributed by atoms with van der Waals surface area (Å²) in [7, 11) is 0. The number of hydrogen-bond acceptors (Lipinski definition) is 3. The molecule has 0 fully saturated rings. The number of amides is 2. The summed E-state index contributed by atoms with van der Waals surface area (Å²) in [4.78, 5) is 18.6. The van der Waals surface area contributed by atoms with E-state index >= 15 is 0 Å². The van der Waals surface area contributed by atoms with Crippen LogP contribution in [0, 0.1) is 0 Å². The van der Waals surface area contributed by atoms with E-state index in [9.17, 15) is 4.79 Å². The number of hydrogen-bond donors (Lipinski definition) is 3. The van der Waals surface area contributed by atoms with E-state index in [-0.39, 0.29) is 12.1 Å². The van der Waals surface area contributed by atoms with Crippen LogP contribution >= 0.6 is 0 Å². The van der Waals surface area contributed by atoms with E-state index in [1.54, 1.807) is 11.0 Å². The smallest absolute Gasteiger partial charge is 0.322 e. The Bertz CT molecular complexity index is 816. The molecule has 0 bridgehead atoms. The number of carbonyl (C=O) groups excluding carboxylic acids is 1. The van der Waals surface area contributed by atoms with E-state index in [4.69, 9.17) is 11.5 Å². The third kappa shape index (κ3) is 3.28. The Kier molecular flexibility index (Phi) is 4.61. The van der Waals surface area contributed by atoms with Crippen LogP contribution in [0.5, 0.6) is 0 Å². The number of rotatable bonds is 4. The third-order valence-corrected chi connectivity index (χ3v) is 4.47. The van der Waals surface area contributed by atoms with Crippen molar-refractivity contribution in [3.8, 4) is 0 Å². The van der Waals surface area contributed by atoms with Crippen LogP contribution < -0.4 is 16.8 Å². The molecule has 0 spiro atoms. The first-order chi connectivity index (χ1) is 12.0. The number of amidine groups is 1. The molecule has 25 heavy (non-hydrogen) atoms. The maximum absolute atomic E-state index is 12.5. The minimum atomic E-state index is -0.133. The maximum Gasteiger partial charge on any atom is 0.322 e. The highest BCUT2D eigenvalue weighted by Gasteiger charge is 2.28. The first-order valence-corrected chi connectivity index (χ1v) is 8.36. The molecule has 0 saturated carbocycles. The molecule has 130 valence electrons. The lowest BCUT2D eigenvalue weighted by atomic mass is 10.0. The molecule has 0 radical (unpaired) electrons. The molecule has 1 aliphatic rings. The second-order valence-corrected chi connectivity index (χ2v) is 6.10. The highest BCUT2D eigenvalue weighted by Crippen LogP contribution is 2.32. The van der Waals surface area contributed by atoms with Crippen molar-refractivity contribution >= 4 is 23.2 Å². The molecular formula is C19H23N5O. The van der Waals surface area contributed by atoms with Gasteiger partial charge in [0, 0.05) is 23.5 Å². The average molecular weight is 337 g/mol. The molecule has 0 aliphatic carbocycles. The van der Waals surface area contributed by atoms with Crippen LogP contribution in [0.1, 0.15) is 36.6 Å². The summed E-state index contributed by atoms with van der Waals surface area (Å²) >= 11 is 0. The van der Waals surface area contributed by atoms with E-state index in [1.165, 1.54) is 0 Å². The van der Waals surface area contributed by atoms with Gasteiger partial charge in [0.05, 0.1) is 12.6 Å². The average Bonchev–Trinajstić information content (AvgIpc) is 2.61. The van der Waals surface area contributed by atoms with Crippen molar-refractivity contribution in [3.63, 3.8) is 0 Å². The standard InChI is InChI=1S/C19H23N5O/c1-3-22-18(21)15-9-14-11-24(12(2)13-7-5-4-6-8-13)19(25)23-17(14)10-16(15)20/h4-10,12H,3,11,20H2,1-2H3,(H2,21,22)(H,23,25)/t12-/m1/s1. The molecular weight excluding hydrogens is 314 g/mol. The Morgan fingerprint density at radius 3 is 2.72 bits per heavy atom. The van der Waals surface area contributed by atoms with E-state index in [1.807, 2.05) is 50.2 Å². The van der Waals surface area contributed by atoms with Crippen molar-refractivity contribution in [2.24, 2.45) is 10.7 Å². The normalized spacial score (nSPS) is 15.5. The van der Waals surface area contributed by atoms with Gasteiger partial charge in [-0.25, -0.2) is 4.79 Å². The number of carbonyl (C=O) groups is 1. The van der Waals surface area contributed by atoms with Crippen LogP contribution in [0.3, 0.4) is 0 Å². The van der Waals surface area contributed by atoms with Gasteiger partial charge in [-0.15, -0.1) is 0 Å². The maximum atomic E-state index is 12.5. The SMILES string of the molecule is CCN=C(N)c1cc2c(cc1N)NC(=O)N([C@H](C)c1ccccc1)C2. The first kappa shape index (κ1) is 16.8. The third-order valence-electron chi connectivity index (χ3n) is 4.47. The molecule has 1 aliphatic heterocycles. The molecule has 1 atom stereocenters. The zero-order valence-corrected chi connectivity index (χ0v) is 14.5. The number of aliphatic imine (C=N–C) groups is 1. The molecule has 0 aromatic heterocycles. The summed E-state index contributed by atoms with van der Waals surface area (Å²) in [5, 5.41) is 2.93. The zero-order valence-electron chi connectivity index (χ0n) is 14.5. The molecule has 5 N–H and O–H groups in total. The minimum Gasteiger partial charge on any atom is -0.398 e. The van der Waals surface area contributed by atoms with Gasteiger partial charge < -0.3 is 21.7 Å². The molecule has 3 rings (SSSR count). The fourth-order valence-corrected chi connectivity index (χ4v) is 3.05. The molecule has 2 aromatic carbocycles. The minimum absolute atomic E-state index is 0.0444. The number of urea groups is 1. The lowest BCUT2D eigenvalue weighted by molar-refractivity contribution is 0.186. The van der Waals surface area contributed by atoms with Crippen molar-refractivity contribution in [2.75, 3.05) is 17.6 Å². The van der Waals surface area contributed by atoms with E-state index in [0.717, 1.165) is 16.8 Å². The molecule has 1 heterocycles. The van der Waals surface area contributed by atoms with Gasteiger partial charge in [-0.1, -0.05) is 30.3 Å². The van der Waals surface area contributed by atoms with Crippen LogP contribution in [0.2, 0.25) is 0 Å². The van der Waals surface area contributed by atoms with Gasteiger partial charge in [-0.05, 0) is 37.1 Å². The monoisotopic (exact) mass is 337 g/mol. The zero-order chi connectivity index (χ0) is 18.0. The van der Waals surface area contributed by atoms with Gasteiger partial charge in [0.1, 0.15) is 5.84 Å². The first-order valence-electron chi connectivity index (χ1n) is 8.36. The van der Waals surface area contributed by atoms with E-state index < -0.39 is 0 Å². The quantitative estimate of drug-likeness (QED) is 0.454. The number of nitrogens with two attached hydrogens (primary N) is 2. The largest absolute Gasteiger partial charge is 0.398 e. The molecule has 0 unspecified atom stereocenters. The topological polar surface area (TPSA) is 96.7 Å². The van der Waals surface area contributed by atoms with Crippen LogP contribution in [-0.4, -0.2) is 23.3 Å². The van der Waals surface area contributed by atoms with Crippen molar-refractivity contribution in [2.45, 2.75) is 26.4 Å². The second-order valence-electron chi connectivity index (χ2n) is 6.10. The molecule has 0 saturated heterocycles. The fourth-order valence-electron chi connectivity index (χ4n) is 3.05. The van der Waals surface area contributed by atoms with Crippen molar-refractivity contribution in [3.05, 3.63) is 59.2 Å². The summed E-state index contributed by atoms with van der Waals surface area (Å²) < 4.78 is 0. The van der Waals surface area contributed by atoms with Gasteiger partial charge in [0.25, 0.3) is 0 Å². The Morgan fingerprint density at radius 1 is 1.32 bits per heavy atom. The van der Waals surface area contributed by atoms with E-state index in [0.29, 0.717) is 30.2 Å². The van der Waals surface area contributed by atoms with E-state index in [2.05, 4.69) is 10.3 Å². The lowest BCUT2D eigenvalue weighted by Gasteiger charge is -2.34. The van der Waals surface area contributed by atoms with Gasteiger partial charge in [-0.3, -0.25) is 4.99 Å². The predicted molar refractivity (Wildman–Crippen MR) is 102 cm³/mol. The van der Waals surface area contributed by atoms with Crippen LogP contribution in [0.25, 0.3) is 0 Å². The molecule has 6 heteroatoms. The number of nitrogens with one attached hydrogen (secondary N) is 1. The lowest BCUT2D eigenvalue weighted by Crippen LogP contribution is -2.40. The molecule has 2 aromatic rings. The number of anilines is 2. The summed E-state index contributed by atoms with van der Waals surface area (Å²) in [6.07, 6.45) is 0. The number of nitrogens with zero attached hydrogens (tertiary/aromatic N) is 2. The molecule has 6 nitrogen and oxygen atoms in total. The second kappa shape index (κ2) is 6.84. The van der Waals surface area contributed by atoms with Gasteiger partial charge in [-0.2, -0.15) is 0 Å². The Hall–Kier alpha value is -3.02. The van der Waals surface area contributed by atoms with Crippen LogP contribution in [0.4, 0.5) is 16.2 Å². The highest BCUT2D eigenvalue weighted by molar-refractivity contribution is 6.04. The number of benzene rings is 2. The summed E-state index contributed by atoms with van der Waals surface area (Å²) in [5.74, 6) is 0.419. The number of fused-ring (bicyclic) bond motifs is 1. The van der Waals surface area contributed by atoms with Crippen molar-refractivity contribution < 1.29 is 4.79 Å². The summed E-state index contributed by atoms with van der Waals surface area (Å²) in [5.41, 5.74) is 16.1. The van der Waals surface area contributed by atoms with Crippen molar-refractivity contribution in [1.29, 1.82) is 0 Å². The highest BCUT2D eigenvalue weighted by atomic mass is 16.2. The molecule has 2 amide bonds. The van der Waals surface area contributed by atoms with Crippen LogP contribution in [0.15, 0.2) is 47.5 Å². The summed E-state index contributed by atoms with van der Waals surface area (Å²) in [6.45, 7) is 5.02. The fraction of sp³-hybridized carbons (Fsp3) is 0.263.